The predicted molar refractivity (Wildman–Crippen MR) is 68.1 cm³/mol. The van der Waals surface area contributed by atoms with E-state index in [1.54, 1.807) is 3.27 Å². The van der Waals surface area contributed by atoms with Crippen molar-refractivity contribution in [1.29, 1.82) is 0 Å². The van der Waals surface area contributed by atoms with E-state index in [0.717, 1.165) is 0 Å². The Labute approximate surface area is 93.0 Å². The first-order valence-electron chi connectivity index (χ1n) is 2.73. The first kappa shape index (κ1) is 10.4. The maximum absolute atomic E-state index is 2.63. The molecule has 0 saturated carbocycles. The molecule has 0 aromatic heterocycles. The number of hydrogen-bond acceptors (Lipinski definition) is 0. The minimum atomic E-state index is -1.80. The summed E-state index contributed by atoms with van der Waals surface area (Å²) in [7, 11) is -1.80. The number of benzene rings is 1. The number of rotatable bonds is 1. The Bertz CT molecular complexity index is 204. The fourth-order valence-corrected chi connectivity index (χ4v) is 8.41. The Morgan fingerprint density at radius 2 is 1.40 bits per heavy atom. The monoisotopic (exact) mass is 548 g/mol. The van der Waals surface area contributed by atoms with E-state index in [-0.39, 0.29) is 0 Å². The number of halogens is 3. The van der Waals surface area contributed by atoms with E-state index >= 15 is 0 Å². The van der Waals surface area contributed by atoms with Gasteiger partial charge in [0.2, 0.25) is 0 Å². The van der Waals surface area contributed by atoms with Crippen LogP contribution in [0.1, 0.15) is 0 Å². The van der Waals surface area contributed by atoms with Gasteiger partial charge >= 0.3 is 95.4 Å². The third kappa shape index (κ3) is 3.35. The van der Waals surface area contributed by atoms with Crippen LogP contribution in [0.3, 0.4) is 0 Å². The van der Waals surface area contributed by atoms with E-state index < -0.39 is 7.70 Å². The molecule has 0 spiro atoms. The van der Waals surface area contributed by atoms with Crippen LogP contribution in [0.15, 0.2) is 30.3 Å². The topological polar surface area (TPSA) is 0 Å². The van der Waals surface area contributed by atoms with Crippen molar-refractivity contribution in [2.75, 3.05) is 0 Å². The zero-order valence-electron chi connectivity index (χ0n) is 5.02. The van der Waals surface area contributed by atoms with E-state index in [2.05, 4.69) is 84.5 Å². The van der Waals surface area contributed by atoms with Crippen molar-refractivity contribution in [2.45, 2.75) is 0 Å². The molecule has 0 bridgehead atoms. The van der Waals surface area contributed by atoms with Crippen LogP contribution in [0.25, 0.3) is 0 Å². The maximum atomic E-state index is 2.63. The second-order valence-electron chi connectivity index (χ2n) is 1.86. The molecule has 10 heavy (non-hydrogen) atoms. The quantitative estimate of drug-likeness (QED) is 0.471. The van der Waals surface area contributed by atoms with Crippen LogP contribution in [-0.4, -0.2) is 0 Å². The van der Waals surface area contributed by atoms with Crippen LogP contribution in [-0.2, 0) is 7.70 Å². The molecule has 0 atom stereocenters. The molecule has 1 aromatic rings. The molecule has 0 amide bonds. The first-order chi connectivity index (χ1) is 4.61. The number of hydrogen-bond donors (Lipinski definition) is 0. The van der Waals surface area contributed by atoms with Gasteiger partial charge in [0.15, 0.2) is 0 Å². The molecular weight excluding hydrogens is 544 g/mol. The Morgan fingerprint density at radius 3 is 1.70 bits per heavy atom. The van der Waals surface area contributed by atoms with Gasteiger partial charge in [-0.25, -0.2) is 0 Å². The molecule has 0 radical (unpaired) electrons. The van der Waals surface area contributed by atoms with Crippen molar-refractivity contribution < 1.29 is 7.70 Å². The zero-order chi connectivity index (χ0) is 7.61. The second kappa shape index (κ2) is 4.51. The van der Waals surface area contributed by atoms with Crippen LogP contribution in [0.4, 0.5) is 0 Å². The van der Waals surface area contributed by atoms with Gasteiger partial charge < -0.3 is 0 Å². The van der Waals surface area contributed by atoms with Crippen molar-refractivity contribution >= 4 is 57.4 Å². The van der Waals surface area contributed by atoms with Gasteiger partial charge in [0.05, 0.1) is 0 Å². The van der Waals surface area contributed by atoms with Gasteiger partial charge in [-0.2, -0.15) is 0 Å². The summed E-state index contributed by atoms with van der Waals surface area (Å²) < 4.78 is 1.57. The summed E-state index contributed by atoms with van der Waals surface area (Å²) in [6, 6.07) is 10.8. The Balaban J connectivity index is 2.97. The van der Waals surface area contributed by atoms with Crippen LogP contribution in [0.2, 0.25) is 0 Å². The molecule has 0 nitrogen and oxygen atoms in total. The third-order valence-corrected chi connectivity index (χ3v) is 14.6. The molecule has 0 N–H and O–H groups in total. The van der Waals surface area contributed by atoms with Gasteiger partial charge in [-0.1, -0.05) is 0 Å². The average Bonchev–Trinajstić information content (AvgIpc) is 1.88. The normalized spacial score (nSPS) is 11.5. The summed E-state index contributed by atoms with van der Waals surface area (Å²) in [5.74, 6) is 0. The standard InChI is InChI=1S/C6H5.3HI.Zr/c1-2-4-6-5-3-1;;;;/h1-5H;3*1H;/q;;;;+3/p-3. The summed E-state index contributed by atoms with van der Waals surface area (Å²) in [5, 5.41) is 0. The molecule has 0 aliphatic carbocycles. The summed E-state index contributed by atoms with van der Waals surface area (Å²) in [4.78, 5) is 0. The van der Waals surface area contributed by atoms with E-state index in [4.69, 9.17) is 0 Å². The van der Waals surface area contributed by atoms with Crippen molar-refractivity contribution in [2.24, 2.45) is 0 Å². The van der Waals surface area contributed by atoms with Crippen molar-refractivity contribution in [3.05, 3.63) is 30.3 Å². The van der Waals surface area contributed by atoms with Gasteiger partial charge in [0.1, 0.15) is 0 Å². The molecule has 0 heterocycles. The van der Waals surface area contributed by atoms with E-state index in [1.165, 1.54) is 0 Å². The van der Waals surface area contributed by atoms with Gasteiger partial charge in [-0.3, -0.25) is 0 Å². The van der Waals surface area contributed by atoms with Gasteiger partial charge in [0, 0.05) is 0 Å². The Kier molecular flexibility index (Phi) is 4.68. The molecule has 1 rings (SSSR count). The van der Waals surface area contributed by atoms with Gasteiger partial charge in [0.25, 0.3) is 0 Å². The second-order valence-corrected chi connectivity index (χ2v) is 71.1. The van der Waals surface area contributed by atoms with E-state index in [9.17, 15) is 0 Å². The van der Waals surface area contributed by atoms with Crippen LogP contribution >= 0.6 is 54.1 Å². The molecular formula is C6H5I3Zr. The fourth-order valence-electron chi connectivity index (χ4n) is 0.627. The van der Waals surface area contributed by atoms with Crippen LogP contribution in [0, 0.1) is 0 Å². The van der Waals surface area contributed by atoms with Gasteiger partial charge in [-0.05, 0) is 0 Å². The summed E-state index contributed by atoms with van der Waals surface area (Å²) in [5.41, 5.74) is 0. The van der Waals surface area contributed by atoms with E-state index in [1.807, 2.05) is 0 Å². The fraction of sp³-hybridized carbons (Fsp3) is 0. The first-order valence-corrected chi connectivity index (χ1v) is 25.9. The average molecular weight is 549 g/mol. The predicted octanol–water partition coefficient (Wildman–Crippen LogP) is 3.52. The Morgan fingerprint density at radius 1 is 0.900 bits per heavy atom. The van der Waals surface area contributed by atoms with Crippen LogP contribution < -0.4 is 3.27 Å². The molecule has 4 heteroatoms. The molecule has 0 aliphatic rings. The van der Waals surface area contributed by atoms with E-state index in [0.29, 0.717) is 0 Å². The van der Waals surface area contributed by atoms with Crippen molar-refractivity contribution in [3.8, 4) is 0 Å². The minimum absolute atomic E-state index is 1.57. The summed E-state index contributed by atoms with van der Waals surface area (Å²) >= 11 is 7.88. The Hall–Kier alpha value is 2.29. The molecule has 0 aliphatic heterocycles. The summed E-state index contributed by atoms with van der Waals surface area (Å²) in [6.45, 7) is 0. The molecule has 0 saturated heterocycles. The SMILES string of the molecule is [I][Zr]([I])([I])[c]1ccccc1. The van der Waals surface area contributed by atoms with Crippen LogP contribution in [0.5, 0.6) is 0 Å². The zero-order valence-corrected chi connectivity index (χ0v) is 14.0. The molecule has 54 valence electrons. The van der Waals surface area contributed by atoms with Crippen molar-refractivity contribution in [3.63, 3.8) is 0 Å². The van der Waals surface area contributed by atoms with Gasteiger partial charge in [-0.15, -0.1) is 0 Å². The molecule has 0 fully saturated rings. The third-order valence-electron chi connectivity index (χ3n) is 1.10. The van der Waals surface area contributed by atoms with Crippen molar-refractivity contribution in [1.82, 2.24) is 0 Å². The molecule has 0 unspecified atom stereocenters. The molecule has 1 aromatic carbocycles. The summed E-state index contributed by atoms with van der Waals surface area (Å²) in [6.07, 6.45) is 0.